The maximum absolute atomic E-state index is 12.4. The predicted octanol–water partition coefficient (Wildman–Crippen LogP) is 4.45. The van der Waals surface area contributed by atoms with Gasteiger partial charge in [0.25, 0.3) is 5.91 Å². The highest BCUT2D eigenvalue weighted by Gasteiger charge is 2.15. The second kappa shape index (κ2) is 4.96. The summed E-state index contributed by atoms with van der Waals surface area (Å²) in [5.41, 5.74) is 3.33. The Morgan fingerprint density at radius 3 is 2.90 bits per heavy atom. The molecular formula is C15H13ClN2OS. The van der Waals surface area contributed by atoms with Gasteiger partial charge in [0.05, 0.1) is 10.2 Å². The number of carbonyl (C=O) groups excluding carboxylic acids is 1. The van der Waals surface area contributed by atoms with E-state index in [2.05, 4.69) is 5.32 Å². The Morgan fingerprint density at radius 1 is 1.35 bits per heavy atom. The lowest BCUT2D eigenvalue weighted by atomic mass is 10.2. The largest absolute Gasteiger partial charge is 0.339 e. The summed E-state index contributed by atoms with van der Waals surface area (Å²) in [4.78, 5) is 12.4. The lowest BCUT2D eigenvalue weighted by molar-refractivity contribution is 0.101. The number of amides is 1. The number of carbonyl (C=O) groups is 1. The van der Waals surface area contributed by atoms with Gasteiger partial charge in [-0.1, -0.05) is 17.7 Å². The van der Waals surface area contributed by atoms with E-state index in [4.69, 9.17) is 11.6 Å². The molecule has 102 valence electrons. The number of aryl methyl sites for hydroxylation is 1. The minimum atomic E-state index is -0.124. The second-order valence-corrected chi connectivity index (χ2v) is 5.98. The summed E-state index contributed by atoms with van der Waals surface area (Å²) in [6.07, 6.45) is 0. The number of hydrogen-bond acceptors (Lipinski definition) is 2. The molecule has 3 aromatic rings. The summed E-state index contributed by atoms with van der Waals surface area (Å²) >= 11 is 7.70. The van der Waals surface area contributed by atoms with Crippen LogP contribution in [0.25, 0.3) is 10.2 Å². The molecule has 0 spiro atoms. The van der Waals surface area contributed by atoms with Crippen molar-refractivity contribution in [2.75, 3.05) is 5.32 Å². The molecule has 0 radical (unpaired) electrons. The highest BCUT2D eigenvalue weighted by atomic mass is 35.5. The van der Waals surface area contributed by atoms with Gasteiger partial charge in [-0.2, -0.15) is 0 Å². The fourth-order valence-electron chi connectivity index (χ4n) is 2.20. The molecule has 3 nitrogen and oxygen atoms in total. The molecule has 0 aliphatic heterocycles. The number of fused-ring (bicyclic) bond motifs is 1. The van der Waals surface area contributed by atoms with Crippen LogP contribution in [-0.4, -0.2) is 10.5 Å². The quantitative estimate of drug-likeness (QED) is 0.745. The Bertz CT molecular complexity index is 803. The molecule has 2 aromatic heterocycles. The summed E-state index contributed by atoms with van der Waals surface area (Å²) in [7, 11) is 1.90. The molecule has 1 aromatic carbocycles. The van der Waals surface area contributed by atoms with Crippen LogP contribution < -0.4 is 5.32 Å². The number of nitrogens with zero attached hydrogens (tertiary/aromatic N) is 1. The molecule has 0 saturated carbocycles. The topological polar surface area (TPSA) is 34.0 Å². The fourth-order valence-corrected chi connectivity index (χ4v) is 3.22. The van der Waals surface area contributed by atoms with Gasteiger partial charge in [0, 0.05) is 17.8 Å². The van der Waals surface area contributed by atoms with Crippen LogP contribution in [0, 0.1) is 6.92 Å². The van der Waals surface area contributed by atoms with E-state index < -0.39 is 0 Å². The van der Waals surface area contributed by atoms with Gasteiger partial charge in [-0.3, -0.25) is 4.79 Å². The lowest BCUT2D eigenvalue weighted by Crippen LogP contribution is -2.16. The zero-order valence-electron chi connectivity index (χ0n) is 11.1. The van der Waals surface area contributed by atoms with Gasteiger partial charge < -0.3 is 9.88 Å². The number of rotatable bonds is 2. The average molecular weight is 305 g/mol. The molecule has 5 heteroatoms. The molecule has 0 aliphatic rings. The molecule has 0 bridgehead atoms. The standard InChI is InChI=1S/C15H13ClN2OS/c1-9-10(16)4-3-5-11(9)17-15(19)13-8-14-12(18(13)2)6-7-20-14/h3-8H,1-2H3,(H,17,19). The monoisotopic (exact) mass is 304 g/mol. The summed E-state index contributed by atoms with van der Waals surface area (Å²) in [5.74, 6) is -0.124. The average Bonchev–Trinajstić information content (AvgIpc) is 2.98. The normalized spacial score (nSPS) is 10.9. The lowest BCUT2D eigenvalue weighted by Gasteiger charge is -2.10. The Morgan fingerprint density at radius 2 is 2.15 bits per heavy atom. The van der Waals surface area contributed by atoms with Crippen molar-refractivity contribution in [1.82, 2.24) is 4.57 Å². The van der Waals surface area contributed by atoms with Crippen LogP contribution in [0.4, 0.5) is 5.69 Å². The third kappa shape index (κ3) is 2.11. The summed E-state index contributed by atoms with van der Waals surface area (Å²) < 4.78 is 3.02. The number of halogens is 1. The van der Waals surface area contributed by atoms with Crippen molar-refractivity contribution < 1.29 is 4.79 Å². The number of aromatic nitrogens is 1. The van der Waals surface area contributed by atoms with Crippen LogP contribution in [0.1, 0.15) is 16.1 Å². The van der Waals surface area contributed by atoms with Crippen LogP contribution in [-0.2, 0) is 7.05 Å². The van der Waals surface area contributed by atoms with E-state index >= 15 is 0 Å². The first kappa shape index (κ1) is 13.2. The fraction of sp³-hybridized carbons (Fsp3) is 0.133. The molecule has 1 amide bonds. The molecule has 0 aliphatic carbocycles. The van der Waals surface area contributed by atoms with E-state index in [1.165, 1.54) is 0 Å². The smallest absolute Gasteiger partial charge is 0.272 e. The molecule has 0 saturated heterocycles. The van der Waals surface area contributed by atoms with Gasteiger partial charge >= 0.3 is 0 Å². The minimum absolute atomic E-state index is 0.124. The Balaban J connectivity index is 1.95. The molecule has 0 unspecified atom stereocenters. The zero-order valence-corrected chi connectivity index (χ0v) is 12.7. The third-order valence-corrected chi connectivity index (χ3v) is 4.67. The van der Waals surface area contributed by atoms with Gasteiger partial charge in [-0.25, -0.2) is 0 Å². The van der Waals surface area contributed by atoms with Crippen molar-refractivity contribution in [1.29, 1.82) is 0 Å². The van der Waals surface area contributed by atoms with Gasteiger partial charge in [0.2, 0.25) is 0 Å². The SMILES string of the molecule is Cc1c(Cl)cccc1NC(=O)c1cc2sccc2n1C. The minimum Gasteiger partial charge on any atom is -0.339 e. The van der Waals surface area contributed by atoms with Crippen molar-refractivity contribution >= 4 is 44.7 Å². The van der Waals surface area contributed by atoms with Crippen LogP contribution >= 0.6 is 22.9 Å². The highest BCUT2D eigenvalue weighted by molar-refractivity contribution is 7.17. The number of thiophene rings is 1. The third-order valence-electron chi connectivity index (χ3n) is 3.41. The molecule has 0 atom stereocenters. The van der Waals surface area contributed by atoms with Gasteiger partial charge in [-0.15, -0.1) is 11.3 Å². The van der Waals surface area contributed by atoms with Crippen LogP contribution in [0.3, 0.4) is 0 Å². The second-order valence-electron chi connectivity index (χ2n) is 4.63. The summed E-state index contributed by atoms with van der Waals surface area (Å²) in [6.45, 7) is 1.89. The predicted molar refractivity (Wildman–Crippen MR) is 84.9 cm³/mol. The Kier molecular flexibility index (Phi) is 3.28. The van der Waals surface area contributed by atoms with E-state index in [1.807, 2.05) is 54.3 Å². The van der Waals surface area contributed by atoms with Crippen molar-refractivity contribution in [2.45, 2.75) is 6.92 Å². The first-order valence-electron chi connectivity index (χ1n) is 6.17. The van der Waals surface area contributed by atoms with Gasteiger partial charge in [-0.05, 0) is 42.1 Å². The van der Waals surface area contributed by atoms with Crippen molar-refractivity contribution in [3.63, 3.8) is 0 Å². The first-order chi connectivity index (χ1) is 9.58. The van der Waals surface area contributed by atoms with E-state index in [0.717, 1.165) is 21.5 Å². The Hall–Kier alpha value is -1.78. The molecule has 3 rings (SSSR count). The van der Waals surface area contributed by atoms with Crippen LogP contribution in [0.2, 0.25) is 5.02 Å². The van der Waals surface area contributed by atoms with Crippen molar-refractivity contribution in [3.8, 4) is 0 Å². The maximum Gasteiger partial charge on any atom is 0.272 e. The van der Waals surface area contributed by atoms with E-state index in [9.17, 15) is 4.79 Å². The zero-order chi connectivity index (χ0) is 14.3. The summed E-state index contributed by atoms with van der Waals surface area (Å²) in [6, 6.07) is 9.42. The van der Waals surface area contributed by atoms with Crippen molar-refractivity contribution in [3.05, 3.63) is 52.0 Å². The highest BCUT2D eigenvalue weighted by Crippen LogP contribution is 2.26. The van der Waals surface area contributed by atoms with Crippen LogP contribution in [0.5, 0.6) is 0 Å². The van der Waals surface area contributed by atoms with Gasteiger partial charge in [0.1, 0.15) is 5.69 Å². The van der Waals surface area contributed by atoms with Crippen molar-refractivity contribution in [2.24, 2.45) is 7.05 Å². The van der Waals surface area contributed by atoms with E-state index in [1.54, 1.807) is 11.3 Å². The number of hydrogen-bond donors (Lipinski definition) is 1. The molecule has 0 fully saturated rings. The Labute approximate surface area is 125 Å². The number of nitrogens with one attached hydrogen (secondary N) is 1. The molecule has 1 N–H and O–H groups in total. The van der Waals surface area contributed by atoms with Gasteiger partial charge in [0.15, 0.2) is 0 Å². The molecule has 2 heterocycles. The summed E-state index contributed by atoms with van der Waals surface area (Å²) in [5, 5.41) is 5.59. The number of anilines is 1. The van der Waals surface area contributed by atoms with E-state index in [-0.39, 0.29) is 5.91 Å². The molecule has 20 heavy (non-hydrogen) atoms. The molecular weight excluding hydrogens is 292 g/mol. The number of benzene rings is 1. The maximum atomic E-state index is 12.4. The van der Waals surface area contributed by atoms with Crippen LogP contribution in [0.15, 0.2) is 35.7 Å². The first-order valence-corrected chi connectivity index (χ1v) is 7.43. The van der Waals surface area contributed by atoms with E-state index in [0.29, 0.717) is 10.7 Å².